The maximum Gasteiger partial charge on any atom is 0.145 e. The lowest BCUT2D eigenvalue weighted by Crippen LogP contribution is -2.01. The number of rotatable bonds is 4. The summed E-state index contributed by atoms with van der Waals surface area (Å²) in [6.45, 7) is 0.172. The van der Waals surface area contributed by atoms with E-state index < -0.39 is 11.6 Å². The Morgan fingerprint density at radius 3 is 2.37 bits per heavy atom. The minimum absolute atomic E-state index is 0.0681. The van der Waals surface area contributed by atoms with Gasteiger partial charge in [-0.3, -0.25) is 0 Å². The van der Waals surface area contributed by atoms with Gasteiger partial charge in [0.1, 0.15) is 11.6 Å². The van der Waals surface area contributed by atoms with E-state index in [0.717, 1.165) is 10.0 Å². The van der Waals surface area contributed by atoms with Gasteiger partial charge < -0.3 is 4.74 Å². The topological polar surface area (TPSA) is 9.23 Å². The minimum Gasteiger partial charge on any atom is -0.372 e. The largest absolute Gasteiger partial charge is 0.372 e. The molecule has 0 aliphatic carbocycles. The molecule has 0 radical (unpaired) electrons. The minimum atomic E-state index is -0.618. The molecule has 0 N–H and O–H groups in total. The SMILES string of the molecule is Fc1ccc(Br)c(F)c1COCc1ccccc1Br. The lowest BCUT2D eigenvalue weighted by atomic mass is 10.2. The third-order valence-corrected chi connectivity index (χ3v) is 3.99. The molecular formula is C14H10Br2F2O. The van der Waals surface area contributed by atoms with Crippen molar-refractivity contribution in [1.82, 2.24) is 0 Å². The van der Waals surface area contributed by atoms with Gasteiger partial charge in [-0.25, -0.2) is 8.78 Å². The van der Waals surface area contributed by atoms with Gasteiger partial charge in [0, 0.05) is 4.47 Å². The fourth-order valence-electron chi connectivity index (χ4n) is 1.58. The van der Waals surface area contributed by atoms with Crippen LogP contribution in [0, 0.1) is 11.6 Å². The van der Waals surface area contributed by atoms with Crippen LogP contribution in [0.5, 0.6) is 0 Å². The molecular weight excluding hydrogens is 382 g/mol. The van der Waals surface area contributed by atoms with Crippen LogP contribution in [0.25, 0.3) is 0 Å². The molecule has 0 saturated heterocycles. The van der Waals surface area contributed by atoms with Crippen LogP contribution in [0.3, 0.4) is 0 Å². The van der Waals surface area contributed by atoms with Crippen LogP contribution in [-0.4, -0.2) is 0 Å². The van der Waals surface area contributed by atoms with E-state index in [0.29, 0.717) is 0 Å². The summed E-state index contributed by atoms with van der Waals surface area (Å²) in [6.07, 6.45) is 0. The molecule has 100 valence electrons. The Morgan fingerprint density at radius 2 is 1.63 bits per heavy atom. The van der Waals surface area contributed by atoms with Gasteiger partial charge in [-0.15, -0.1) is 0 Å². The van der Waals surface area contributed by atoms with Crippen LogP contribution in [-0.2, 0) is 18.0 Å². The predicted octanol–water partition coefficient (Wildman–Crippen LogP) is 5.21. The van der Waals surface area contributed by atoms with E-state index >= 15 is 0 Å². The van der Waals surface area contributed by atoms with Crippen LogP contribution >= 0.6 is 31.9 Å². The molecule has 0 fully saturated rings. The standard InChI is InChI=1S/C14H10Br2F2O/c15-11-4-2-1-3-9(11)7-19-8-10-13(17)6-5-12(16)14(10)18/h1-6H,7-8H2. The zero-order valence-corrected chi connectivity index (χ0v) is 13.0. The lowest BCUT2D eigenvalue weighted by molar-refractivity contribution is 0.102. The molecule has 0 aliphatic heterocycles. The summed E-state index contributed by atoms with van der Waals surface area (Å²) in [5.41, 5.74) is 0.861. The lowest BCUT2D eigenvalue weighted by Gasteiger charge is -2.09. The van der Waals surface area contributed by atoms with E-state index in [1.54, 1.807) is 0 Å². The normalized spacial score (nSPS) is 10.7. The Kier molecular flexibility index (Phi) is 5.07. The average molecular weight is 392 g/mol. The number of hydrogen-bond acceptors (Lipinski definition) is 1. The molecule has 0 spiro atoms. The van der Waals surface area contributed by atoms with Crippen LogP contribution in [0.4, 0.5) is 8.78 Å². The van der Waals surface area contributed by atoms with Gasteiger partial charge in [-0.1, -0.05) is 34.1 Å². The first-order valence-electron chi connectivity index (χ1n) is 5.53. The van der Waals surface area contributed by atoms with Crippen molar-refractivity contribution in [3.63, 3.8) is 0 Å². The number of benzene rings is 2. The molecule has 0 heterocycles. The van der Waals surface area contributed by atoms with Gasteiger partial charge in [-0.05, 0) is 39.7 Å². The van der Waals surface area contributed by atoms with E-state index in [2.05, 4.69) is 31.9 Å². The maximum absolute atomic E-state index is 13.7. The fraction of sp³-hybridized carbons (Fsp3) is 0.143. The van der Waals surface area contributed by atoms with E-state index in [9.17, 15) is 8.78 Å². The summed E-state index contributed by atoms with van der Waals surface area (Å²) in [6, 6.07) is 10.1. The van der Waals surface area contributed by atoms with Gasteiger partial charge in [0.15, 0.2) is 0 Å². The van der Waals surface area contributed by atoms with E-state index in [1.165, 1.54) is 12.1 Å². The smallest absolute Gasteiger partial charge is 0.145 e. The van der Waals surface area contributed by atoms with Crippen molar-refractivity contribution >= 4 is 31.9 Å². The highest BCUT2D eigenvalue weighted by molar-refractivity contribution is 9.10. The van der Waals surface area contributed by atoms with Crippen molar-refractivity contribution in [2.75, 3.05) is 0 Å². The quantitative estimate of drug-likeness (QED) is 0.650. The van der Waals surface area contributed by atoms with Crippen LogP contribution in [0.1, 0.15) is 11.1 Å². The molecule has 0 unspecified atom stereocenters. The zero-order chi connectivity index (χ0) is 13.8. The highest BCUT2D eigenvalue weighted by atomic mass is 79.9. The molecule has 1 nitrogen and oxygen atoms in total. The second kappa shape index (κ2) is 6.59. The Bertz CT molecular complexity index is 588. The first kappa shape index (κ1) is 14.6. The molecule has 0 saturated carbocycles. The second-order valence-electron chi connectivity index (χ2n) is 3.91. The average Bonchev–Trinajstić information content (AvgIpc) is 2.40. The van der Waals surface area contributed by atoms with Crippen LogP contribution < -0.4 is 0 Å². The monoisotopic (exact) mass is 390 g/mol. The first-order chi connectivity index (χ1) is 9.09. The number of ether oxygens (including phenoxy) is 1. The van der Waals surface area contributed by atoms with Crippen LogP contribution in [0.15, 0.2) is 45.3 Å². The number of halogens is 4. The van der Waals surface area contributed by atoms with Crippen LogP contribution in [0.2, 0.25) is 0 Å². The van der Waals surface area contributed by atoms with Gasteiger partial charge in [0.2, 0.25) is 0 Å². The summed E-state index contributed by atoms with van der Waals surface area (Å²) >= 11 is 6.41. The molecule has 5 heteroatoms. The molecule has 0 atom stereocenters. The fourth-order valence-corrected chi connectivity index (χ4v) is 2.35. The van der Waals surface area contributed by atoms with Crippen molar-refractivity contribution < 1.29 is 13.5 Å². The van der Waals surface area contributed by atoms with Gasteiger partial charge in [0.25, 0.3) is 0 Å². The first-order valence-corrected chi connectivity index (χ1v) is 7.11. The predicted molar refractivity (Wildman–Crippen MR) is 76.7 cm³/mol. The third kappa shape index (κ3) is 3.61. The van der Waals surface area contributed by atoms with Gasteiger partial charge in [-0.2, -0.15) is 0 Å². The maximum atomic E-state index is 13.7. The van der Waals surface area contributed by atoms with Gasteiger partial charge in [0.05, 0.1) is 23.2 Å². The zero-order valence-electron chi connectivity index (χ0n) is 9.80. The Hall–Kier alpha value is -0.780. The molecule has 2 aromatic rings. The summed E-state index contributed by atoms with van der Waals surface area (Å²) in [5, 5.41) is 0. The summed E-state index contributed by atoms with van der Waals surface area (Å²) in [5.74, 6) is -1.22. The molecule has 2 rings (SSSR count). The van der Waals surface area contributed by atoms with Crippen molar-refractivity contribution in [2.24, 2.45) is 0 Å². The van der Waals surface area contributed by atoms with Gasteiger partial charge >= 0.3 is 0 Å². The Morgan fingerprint density at radius 1 is 0.895 bits per heavy atom. The molecule has 2 aromatic carbocycles. The summed E-state index contributed by atoms with van der Waals surface area (Å²) in [7, 11) is 0. The molecule has 0 amide bonds. The van der Waals surface area contributed by atoms with Crippen molar-refractivity contribution in [2.45, 2.75) is 13.2 Å². The summed E-state index contributed by atoms with van der Waals surface area (Å²) in [4.78, 5) is 0. The van der Waals surface area contributed by atoms with Crippen molar-refractivity contribution in [3.8, 4) is 0 Å². The molecule has 0 aliphatic rings. The highest BCUT2D eigenvalue weighted by Gasteiger charge is 2.12. The molecule has 19 heavy (non-hydrogen) atoms. The van der Waals surface area contributed by atoms with Crippen molar-refractivity contribution in [3.05, 3.63) is 68.1 Å². The Labute approximate surface area is 126 Å². The van der Waals surface area contributed by atoms with E-state index in [4.69, 9.17) is 4.74 Å². The molecule has 0 aromatic heterocycles. The second-order valence-corrected chi connectivity index (χ2v) is 5.61. The highest BCUT2D eigenvalue weighted by Crippen LogP contribution is 2.23. The Balaban J connectivity index is 2.04. The van der Waals surface area contributed by atoms with E-state index in [-0.39, 0.29) is 23.2 Å². The molecule has 0 bridgehead atoms. The number of hydrogen-bond donors (Lipinski definition) is 0. The summed E-state index contributed by atoms with van der Waals surface area (Å²) < 4.78 is 33.7. The van der Waals surface area contributed by atoms with E-state index in [1.807, 2.05) is 24.3 Å². The van der Waals surface area contributed by atoms with Crippen molar-refractivity contribution in [1.29, 1.82) is 0 Å². The third-order valence-electron chi connectivity index (χ3n) is 2.60.